The summed E-state index contributed by atoms with van der Waals surface area (Å²) in [5, 5.41) is 11.5. The molecule has 0 aliphatic carbocycles. The molecule has 0 heterocycles. The highest BCUT2D eigenvalue weighted by atomic mass is 35.5. The minimum atomic E-state index is 0.131. The third kappa shape index (κ3) is 1.03. The molecule has 59 valence electrons. The molecule has 2 rings (SSSR count). The van der Waals surface area contributed by atoms with Crippen LogP contribution in [0.5, 0.6) is 5.75 Å². The Morgan fingerprint density at radius 2 is 2.00 bits per heavy atom. The number of halogens is 1. The Bertz CT molecular complexity index is 423. The summed E-state index contributed by atoms with van der Waals surface area (Å²) >= 11 is 5.71. The van der Waals surface area contributed by atoms with Gasteiger partial charge in [-0.25, -0.2) is 0 Å². The van der Waals surface area contributed by atoms with Crippen molar-refractivity contribution >= 4 is 22.4 Å². The van der Waals surface area contributed by atoms with Gasteiger partial charge in [-0.1, -0.05) is 35.9 Å². The molecule has 2 aromatic rings. The number of benzene rings is 2. The number of hydrogen-bond acceptors (Lipinski definition) is 1. The van der Waals surface area contributed by atoms with Gasteiger partial charge in [0.1, 0.15) is 5.75 Å². The first-order valence-corrected chi connectivity index (χ1v) is 3.95. The molecule has 2 heteroatoms. The fraction of sp³-hybridized carbons (Fsp3) is 0. The van der Waals surface area contributed by atoms with Gasteiger partial charge in [-0.15, -0.1) is 0 Å². The molecule has 0 saturated heterocycles. The van der Waals surface area contributed by atoms with Gasteiger partial charge in [-0.3, -0.25) is 0 Å². The van der Waals surface area contributed by atoms with Crippen LogP contribution in [0.4, 0.5) is 0 Å². The fourth-order valence-corrected chi connectivity index (χ4v) is 1.31. The van der Waals surface area contributed by atoms with Gasteiger partial charge in [0.05, 0.1) is 5.02 Å². The van der Waals surface area contributed by atoms with Crippen LogP contribution in [0.25, 0.3) is 10.8 Å². The second-order valence-electron chi connectivity index (χ2n) is 2.53. The highest BCUT2D eigenvalue weighted by Gasteiger charge is 2.02. The molecule has 0 saturated carbocycles. The largest absolute Gasteiger partial charge is 0.506 e. The topological polar surface area (TPSA) is 20.2 Å². The predicted molar refractivity (Wildman–Crippen MR) is 49.5 cm³/mol. The molecular weight excluding hydrogens is 172 g/mol. The van der Waals surface area contributed by atoms with Crippen molar-refractivity contribution in [3.63, 3.8) is 0 Å². The summed E-state index contributed by atoms with van der Waals surface area (Å²) in [4.78, 5) is 0. The number of rotatable bonds is 0. The Morgan fingerprint density at radius 3 is 2.83 bits per heavy atom. The van der Waals surface area contributed by atoms with E-state index in [1.165, 1.54) is 0 Å². The van der Waals surface area contributed by atoms with Crippen molar-refractivity contribution in [3.05, 3.63) is 41.4 Å². The SMILES string of the molecule is Oc1c(Cl)c[c]c2ccccc12. The predicted octanol–water partition coefficient (Wildman–Crippen LogP) is 3.00. The van der Waals surface area contributed by atoms with Crippen molar-refractivity contribution < 1.29 is 5.11 Å². The van der Waals surface area contributed by atoms with Gasteiger partial charge >= 0.3 is 0 Å². The van der Waals surface area contributed by atoms with Crippen molar-refractivity contribution in [1.29, 1.82) is 0 Å². The molecule has 0 aliphatic heterocycles. The summed E-state index contributed by atoms with van der Waals surface area (Å²) in [7, 11) is 0. The maximum atomic E-state index is 9.51. The van der Waals surface area contributed by atoms with Crippen LogP contribution in [0, 0.1) is 6.07 Å². The van der Waals surface area contributed by atoms with Crippen molar-refractivity contribution in [2.45, 2.75) is 0 Å². The molecule has 1 nitrogen and oxygen atoms in total. The third-order valence-corrected chi connectivity index (χ3v) is 2.05. The molecule has 0 unspecified atom stereocenters. The number of hydrogen-bond donors (Lipinski definition) is 1. The van der Waals surface area contributed by atoms with Crippen LogP contribution >= 0.6 is 11.6 Å². The average molecular weight is 178 g/mol. The van der Waals surface area contributed by atoms with E-state index in [1.54, 1.807) is 6.07 Å². The van der Waals surface area contributed by atoms with Gasteiger partial charge in [0.25, 0.3) is 0 Å². The van der Waals surface area contributed by atoms with E-state index < -0.39 is 0 Å². The quantitative estimate of drug-likeness (QED) is 0.656. The highest BCUT2D eigenvalue weighted by molar-refractivity contribution is 6.33. The Morgan fingerprint density at radius 1 is 1.25 bits per heavy atom. The zero-order valence-electron chi connectivity index (χ0n) is 6.21. The monoisotopic (exact) mass is 177 g/mol. The Balaban J connectivity index is 2.91. The van der Waals surface area contributed by atoms with Gasteiger partial charge in [-0.05, 0) is 17.5 Å². The number of phenolic OH excluding ortho intramolecular Hbond substituents is 1. The lowest BCUT2D eigenvalue weighted by Crippen LogP contribution is -1.74. The summed E-state index contributed by atoms with van der Waals surface area (Å²) in [5.41, 5.74) is 0. The van der Waals surface area contributed by atoms with Gasteiger partial charge < -0.3 is 5.11 Å². The second-order valence-corrected chi connectivity index (χ2v) is 2.94. The van der Waals surface area contributed by atoms with Crippen LogP contribution in [0.15, 0.2) is 30.3 Å². The molecule has 0 spiro atoms. The lowest BCUT2D eigenvalue weighted by atomic mass is 10.1. The van der Waals surface area contributed by atoms with Gasteiger partial charge in [0.15, 0.2) is 0 Å². The standard InChI is InChI=1S/C10H6ClO/c11-9-6-5-7-3-1-2-4-8(7)10(9)12/h1-4,6,12H. The fourth-order valence-electron chi connectivity index (χ4n) is 1.15. The molecular formula is C10H6ClO. The number of phenols is 1. The molecule has 0 aromatic heterocycles. The van der Waals surface area contributed by atoms with Crippen LogP contribution in [-0.4, -0.2) is 5.11 Å². The number of aromatic hydroxyl groups is 1. The maximum absolute atomic E-state index is 9.51. The maximum Gasteiger partial charge on any atom is 0.142 e. The van der Waals surface area contributed by atoms with Crippen molar-refractivity contribution in [3.8, 4) is 5.75 Å². The zero-order valence-corrected chi connectivity index (χ0v) is 6.97. The minimum Gasteiger partial charge on any atom is -0.506 e. The average Bonchev–Trinajstić information content (AvgIpc) is 2.12. The molecule has 0 atom stereocenters. The lowest BCUT2D eigenvalue weighted by molar-refractivity contribution is 0.482. The van der Waals surface area contributed by atoms with Crippen LogP contribution < -0.4 is 0 Å². The summed E-state index contributed by atoms with van der Waals surface area (Å²) in [6, 6.07) is 12.0. The molecule has 0 bridgehead atoms. The second kappa shape index (κ2) is 2.68. The molecule has 0 fully saturated rings. The molecule has 1 radical (unpaired) electrons. The van der Waals surface area contributed by atoms with E-state index in [4.69, 9.17) is 11.6 Å². The first-order valence-electron chi connectivity index (χ1n) is 3.57. The normalized spacial score (nSPS) is 10.4. The molecule has 1 N–H and O–H groups in total. The van der Waals surface area contributed by atoms with Crippen LogP contribution in [0.3, 0.4) is 0 Å². The van der Waals surface area contributed by atoms with E-state index in [0.717, 1.165) is 10.8 Å². The third-order valence-electron chi connectivity index (χ3n) is 1.76. The summed E-state index contributed by atoms with van der Waals surface area (Å²) < 4.78 is 0. The van der Waals surface area contributed by atoms with Crippen molar-refractivity contribution in [2.75, 3.05) is 0 Å². The Labute approximate surface area is 75.2 Å². The van der Waals surface area contributed by atoms with Crippen LogP contribution in [0.1, 0.15) is 0 Å². The van der Waals surface area contributed by atoms with E-state index >= 15 is 0 Å². The molecule has 0 aliphatic rings. The van der Waals surface area contributed by atoms with Crippen molar-refractivity contribution in [2.24, 2.45) is 0 Å². The van der Waals surface area contributed by atoms with Crippen molar-refractivity contribution in [1.82, 2.24) is 0 Å². The van der Waals surface area contributed by atoms with Gasteiger partial charge in [-0.2, -0.15) is 0 Å². The Kier molecular flexibility index (Phi) is 1.66. The molecule has 0 amide bonds. The smallest absolute Gasteiger partial charge is 0.142 e. The van der Waals surface area contributed by atoms with E-state index in [2.05, 4.69) is 6.07 Å². The van der Waals surface area contributed by atoms with Crippen LogP contribution in [0.2, 0.25) is 5.02 Å². The number of fused-ring (bicyclic) bond motifs is 1. The molecule has 12 heavy (non-hydrogen) atoms. The van der Waals surface area contributed by atoms with Gasteiger partial charge in [0.2, 0.25) is 0 Å². The summed E-state index contributed by atoms with van der Waals surface area (Å²) in [5.74, 6) is 0.131. The van der Waals surface area contributed by atoms with Gasteiger partial charge in [0, 0.05) is 5.39 Å². The van der Waals surface area contributed by atoms with E-state index in [-0.39, 0.29) is 5.75 Å². The first kappa shape index (κ1) is 7.44. The summed E-state index contributed by atoms with van der Waals surface area (Å²) in [6.45, 7) is 0. The first-order chi connectivity index (χ1) is 5.79. The highest BCUT2D eigenvalue weighted by Crippen LogP contribution is 2.31. The lowest BCUT2D eigenvalue weighted by Gasteiger charge is -2.00. The van der Waals surface area contributed by atoms with E-state index in [9.17, 15) is 5.11 Å². The molecule has 2 aromatic carbocycles. The van der Waals surface area contributed by atoms with E-state index in [0.29, 0.717) is 5.02 Å². The minimum absolute atomic E-state index is 0.131. The van der Waals surface area contributed by atoms with E-state index in [1.807, 2.05) is 24.3 Å². The Hall–Kier alpha value is -1.21. The zero-order chi connectivity index (χ0) is 8.55. The van der Waals surface area contributed by atoms with Crippen LogP contribution in [-0.2, 0) is 0 Å². The summed E-state index contributed by atoms with van der Waals surface area (Å²) in [6.07, 6.45) is 0.